The van der Waals surface area contributed by atoms with Crippen LogP contribution in [0.25, 0.3) is 11.1 Å². The number of aromatic nitrogens is 1. The van der Waals surface area contributed by atoms with E-state index in [1.807, 2.05) is 26.0 Å². The molecule has 0 amide bonds. The first-order valence-corrected chi connectivity index (χ1v) is 15.2. The number of ether oxygens (including phenoxy) is 2. The normalized spacial score (nSPS) is 14.5. The number of halogens is 4. The fourth-order valence-electron chi connectivity index (χ4n) is 4.87. The Bertz CT molecular complexity index is 1690. The summed E-state index contributed by atoms with van der Waals surface area (Å²) >= 11 is 6.53. The van der Waals surface area contributed by atoms with E-state index in [-0.39, 0.29) is 70.4 Å². The molecule has 0 saturated carbocycles. The molecule has 8 nitrogen and oxygen atoms in total. The Kier molecular flexibility index (Phi) is 9.27. The van der Waals surface area contributed by atoms with Crippen molar-refractivity contribution >= 4 is 33.3 Å². The minimum Gasteiger partial charge on any atom is -0.492 e. The van der Waals surface area contributed by atoms with Gasteiger partial charge in [0.2, 0.25) is 0 Å². The van der Waals surface area contributed by atoms with E-state index in [1.54, 1.807) is 25.1 Å². The lowest BCUT2D eigenvalue weighted by atomic mass is 9.78. The van der Waals surface area contributed by atoms with Gasteiger partial charge in [-0.05, 0) is 48.9 Å². The molecule has 0 saturated heterocycles. The molecule has 1 aliphatic heterocycles. The van der Waals surface area contributed by atoms with E-state index < -0.39 is 27.9 Å². The van der Waals surface area contributed by atoms with Gasteiger partial charge in [-0.15, -0.1) is 0 Å². The fourth-order valence-corrected chi connectivity index (χ4v) is 6.75. The summed E-state index contributed by atoms with van der Waals surface area (Å²) < 4.78 is 80.6. The number of carbonyl (C=O) groups is 1. The van der Waals surface area contributed by atoms with Crippen molar-refractivity contribution in [2.75, 3.05) is 24.1 Å². The van der Waals surface area contributed by atoms with E-state index >= 15 is 0 Å². The van der Waals surface area contributed by atoms with Crippen LogP contribution in [0.3, 0.4) is 0 Å². The fraction of sp³-hybridized carbons (Fsp3) is 0.367. The van der Waals surface area contributed by atoms with E-state index in [2.05, 4.69) is 4.98 Å². The number of alkyl halides is 3. The Morgan fingerprint density at radius 3 is 2.58 bits per heavy atom. The van der Waals surface area contributed by atoms with Crippen LogP contribution >= 0.6 is 11.6 Å². The molecule has 0 fully saturated rings. The highest BCUT2D eigenvalue weighted by Crippen LogP contribution is 2.45. The third-order valence-electron chi connectivity index (χ3n) is 7.14. The van der Waals surface area contributed by atoms with Crippen LogP contribution in [0.15, 0.2) is 53.6 Å². The van der Waals surface area contributed by atoms with E-state index in [4.69, 9.17) is 21.1 Å². The van der Waals surface area contributed by atoms with E-state index in [9.17, 15) is 31.6 Å². The second-order valence-electron chi connectivity index (χ2n) is 10.5. The van der Waals surface area contributed by atoms with Gasteiger partial charge in [0, 0.05) is 36.4 Å². The predicted octanol–water partition coefficient (Wildman–Crippen LogP) is 6.89. The van der Waals surface area contributed by atoms with Crippen LogP contribution in [-0.2, 0) is 31.1 Å². The van der Waals surface area contributed by atoms with E-state index in [0.717, 1.165) is 11.8 Å². The standard InChI is InChI=1S/C30H29ClF3N3O5S/c1-4-41-28(38)10-7-13-42-25-16-23(31)20(21-18-36-27(30(32,33)34)14-19(21)17-35)15-26(25)43(39,40)37-12-11-29(2,3)22-8-5-6-9-24(22)37/h5-6,8-9,14-16,18H,4,7,10-13H2,1-3H3. The summed E-state index contributed by atoms with van der Waals surface area (Å²) in [7, 11) is -4.34. The van der Waals surface area contributed by atoms with E-state index in [0.29, 0.717) is 18.2 Å². The molecular formula is C30H29ClF3N3O5S. The smallest absolute Gasteiger partial charge is 0.433 e. The van der Waals surface area contributed by atoms with Gasteiger partial charge in [0.05, 0.1) is 35.6 Å². The third kappa shape index (κ3) is 6.73. The molecule has 13 heteroatoms. The lowest BCUT2D eigenvalue weighted by Gasteiger charge is -2.39. The Balaban J connectivity index is 1.84. The number of hydrogen-bond acceptors (Lipinski definition) is 7. The predicted molar refractivity (Wildman–Crippen MR) is 154 cm³/mol. The summed E-state index contributed by atoms with van der Waals surface area (Å²) in [5.41, 5.74) is -0.736. The Morgan fingerprint density at radius 1 is 1.19 bits per heavy atom. The zero-order chi connectivity index (χ0) is 31.6. The van der Waals surface area contributed by atoms with Gasteiger partial charge < -0.3 is 9.47 Å². The van der Waals surface area contributed by atoms with Gasteiger partial charge in [0.1, 0.15) is 16.3 Å². The van der Waals surface area contributed by atoms with Crippen molar-refractivity contribution in [1.29, 1.82) is 5.26 Å². The van der Waals surface area contributed by atoms with Gasteiger partial charge >= 0.3 is 12.1 Å². The van der Waals surface area contributed by atoms with Gasteiger partial charge in [0.15, 0.2) is 0 Å². The molecule has 0 spiro atoms. The minimum absolute atomic E-state index is 0.0116. The molecule has 43 heavy (non-hydrogen) atoms. The number of nitriles is 1. The van der Waals surface area contributed by atoms with Crippen molar-refractivity contribution in [3.05, 3.63) is 70.5 Å². The molecular weight excluding hydrogens is 607 g/mol. The molecule has 1 aromatic heterocycles. The number of fused-ring (bicyclic) bond motifs is 1. The van der Waals surface area contributed by atoms with Gasteiger partial charge in [-0.3, -0.25) is 14.1 Å². The molecule has 2 aromatic carbocycles. The van der Waals surface area contributed by atoms with Crippen LogP contribution in [-0.4, -0.2) is 39.1 Å². The van der Waals surface area contributed by atoms with Gasteiger partial charge in [-0.25, -0.2) is 8.42 Å². The number of carbonyl (C=O) groups excluding carboxylic acids is 1. The maximum Gasteiger partial charge on any atom is 0.433 e. The molecule has 0 N–H and O–H groups in total. The largest absolute Gasteiger partial charge is 0.492 e. The number of pyridine rings is 1. The number of anilines is 1. The average Bonchev–Trinajstić information content (AvgIpc) is 2.94. The van der Waals surface area contributed by atoms with E-state index in [1.165, 1.54) is 16.4 Å². The highest BCUT2D eigenvalue weighted by atomic mass is 35.5. The lowest BCUT2D eigenvalue weighted by Crippen LogP contribution is -2.41. The van der Waals surface area contributed by atoms with Crippen molar-refractivity contribution in [2.45, 2.75) is 56.5 Å². The number of hydrogen-bond donors (Lipinski definition) is 0. The number of para-hydroxylation sites is 1. The first-order chi connectivity index (χ1) is 20.2. The summed E-state index contributed by atoms with van der Waals surface area (Å²) in [6, 6.07) is 11.9. The second kappa shape index (κ2) is 12.4. The van der Waals surface area contributed by atoms with Gasteiger partial charge in [-0.2, -0.15) is 18.4 Å². The SMILES string of the molecule is CCOC(=O)CCCOc1cc(Cl)c(-c2cnc(C(F)(F)F)cc2C#N)cc1S(=O)(=O)N1CCC(C)(C)c2ccccc21. The quantitative estimate of drug-likeness (QED) is 0.186. The number of benzene rings is 2. The van der Waals surface area contributed by atoms with Crippen molar-refractivity contribution in [2.24, 2.45) is 0 Å². The Labute approximate surface area is 253 Å². The minimum atomic E-state index is -4.79. The molecule has 228 valence electrons. The molecule has 0 radical (unpaired) electrons. The second-order valence-corrected chi connectivity index (χ2v) is 12.7. The summed E-state index contributed by atoms with van der Waals surface area (Å²) in [6.45, 7) is 6.05. The molecule has 2 heterocycles. The molecule has 0 atom stereocenters. The molecule has 4 rings (SSSR count). The summed E-state index contributed by atoms with van der Waals surface area (Å²) in [4.78, 5) is 14.9. The first-order valence-electron chi connectivity index (χ1n) is 13.4. The molecule has 0 aliphatic carbocycles. The van der Waals surface area contributed by atoms with Crippen LogP contribution in [0.5, 0.6) is 5.75 Å². The van der Waals surface area contributed by atoms with Crippen molar-refractivity contribution in [3.8, 4) is 22.9 Å². The topological polar surface area (TPSA) is 110 Å². The third-order valence-corrected chi connectivity index (χ3v) is 9.28. The number of esters is 1. The summed E-state index contributed by atoms with van der Waals surface area (Å²) in [5, 5.41) is 9.58. The first kappa shape index (κ1) is 32.1. The van der Waals surface area contributed by atoms with Crippen LogP contribution in [0.1, 0.15) is 56.9 Å². The van der Waals surface area contributed by atoms with Gasteiger partial charge in [-0.1, -0.05) is 43.6 Å². The van der Waals surface area contributed by atoms with Gasteiger partial charge in [0.25, 0.3) is 10.0 Å². The van der Waals surface area contributed by atoms with Crippen LogP contribution in [0, 0.1) is 11.3 Å². The average molecular weight is 636 g/mol. The highest BCUT2D eigenvalue weighted by molar-refractivity contribution is 7.93. The highest BCUT2D eigenvalue weighted by Gasteiger charge is 2.39. The van der Waals surface area contributed by atoms with Crippen LogP contribution in [0.4, 0.5) is 18.9 Å². The van der Waals surface area contributed by atoms with Crippen molar-refractivity contribution in [1.82, 2.24) is 4.98 Å². The summed E-state index contributed by atoms with van der Waals surface area (Å²) in [6.07, 6.45) is -3.17. The maximum absolute atomic E-state index is 14.3. The molecule has 3 aromatic rings. The zero-order valence-electron chi connectivity index (χ0n) is 23.7. The molecule has 0 bridgehead atoms. The number of nitrogens with zero attached hydrogens (tertiary/aromatic N) is 3. The number of rotatable bonds is 9. The lowest BCUT2D eigenvalue weighted by molar-refractivity contribution is -0.143. The van der Waals surface area contributed by atoms with Crippen molar-refractivity contribution < 1.29 is 35.9 Å². The maximum atomic E-state index is 14.3. The summed E-state index contributed by atoms with van der Waals surface area (Å²) in [5.74, 6) is -0.544. The molecule has 1 aliphatic rings. The molecule has 0 unspecified atom stereocenters. The Hall–Kier alpha value is -3.82. The zero-order valence-corrected chi connectivity index (χ0v) is 25.2. The van der Waals surface area contributed by atoms with Crippen LogP contribution < -0.4 is 9.04 Å². The number of sulfonamides is 1. The van der Waals surface area contributed by atoms with Crippen molar-refractivity contribution in [3.63, 3.8) is 0 Å². The monoisotopic (exact) mass is 635 g/mol. The Morgan fingerprint density at radius 2 is 1.91 bits per heavy atom. The van der Waals surface area contributed by atoms with Crippen LogP contribution in [0.2, 0.25) is 5.02 Å².